The van der Waals surface area contributed by atoms with Gasteiger partial charge < -0.3 is 5.32 Å². The summed E-state index contributed by atoms with van der Waals surface area (Å²) in [5.41, 5.74) is 4.08. The number of alkyl halides is 1. The Labute approximate surface area is 110 Å². The molecule has 4 heteroatoms. The standard InChI is InChI=1S/C12H15BrClNO/c1-6-5-7(2)11(8(3)10(6)13)15-12(16)9(4)14/h5,9H,1-4H3,(H,15,16). The maximum absolute atomic E-state index is 11.6. The van der Waals surface area contributed by atoms with Gasteiger partial charge in [0.1, 0.15) is 5.38 Å². The quantitative estimate of drug-likeness (QED) is 0.824. The van der Waals surface area contributed by atoms with Crippen LogP contribution in [0.3, 0.4) is 0 Å². The van der Waals surface area contributed by atoms with E-state index >= 15 is 0 Å². The number of carbonyl (C=O) groups is 1. The molecule has 0 radical (unpaired) electrons. The van der Waals surface area contributed by atoms with E-state index in [9.17, 15) is 4.79 Å². The van der Waals surface area contributed by atoms with Crippen LogP contribution in [-0.2, 0) is 4.79 Å². The zero-order valence-electron chi connectivity index (χ0n) is 9.82. The van der Waals surface area contributed by atoms with Crippen molar-refractivity contribution in [1.82, 2.24) is 0 Å². The van der Waals surface area contributed by atoms with Gasteiger partial charge in [-0.05, 0) is 44.4 Å². The monoisotopic (exact) mass is 303 g/mol. The molecular formula is C12H15BrClNO. The van der Waals surface area contributed by atoms with Gasteiger partial charge in [-0.25, -0.2) is 0 Å². The lowest BCUT2D eigenvalue weighted by molar-refractivity contribution is -0.115. The lowest BCUT2D eigenvalue weighted by atomic mass is 10.0. The fraction of sp³-hybridized carbons (Fsp3) is 0.417. The number of carbonyl (C=O) groups excluding carboxylic acids is 1. The van der Waals surface area contributed by atoms with Crippen molar-refractivity contribution < 1.29 is 4.79 Å². The molecule has 16 heavy (non-hydrogen) atoms. The Balaban J connectivity index is 3.15. The van der Waals surface area contributed by atoms with Gasteiger partial charge in [-0.2, -0.15) is 0 Å². The summed E-state index contributed by atoms with van der Waals surface area (Å²) in [6.45, 7) is 7.63. The molecule has 0 saturated heterocycles. The van der Waals surface area contributed by atoms with Crippen LogP contribution in [0.2, 0.25) is 0 Å². The summed E-state index contributed by atoms with van der Waals surface area (Å²) in [7, 11) is 0. The predicted molar refractivity (Wildman–Crippen MR) is 72.3 cm³/mol. The molecule has 1 atom stereocenters. The summed E-state index contributed by atoms with van der Waals surface area (Å²) in [4.78, 5) is 11.6. The summed E-state index contributed by atoms with van der Waals surface area (Å²) >= 11 is 9.24. The molecule has 1 aromatic rings. The number of benzene rings is 1. The first-order valence-electron chi connectivity index (χ1n) is 5.05. The molecule has 0 aliphatic rings. The highest BCUT2D eigenvalue weighted by Gasteiger charge is 2.14. The second-order valence-corrected chi connectivity index (χ2v) is 5.38. The van der Waals surface area contributed by atoms with Crippen molar-refractivity contribution in [3.63, 3.8) is 0 Å². The van der Waals surface area contributed by atoms with Gasteiger partial charge in [0.15, 0.2) is 0 Å². The Morgan fingerprint density at radius 1 is 1.38 bits per heavy atom. The highest BCUT2D eigenvalue weighted by Crippen LogP contribution is 2.30. The third-order valence-corrected chi connectivity index (χ3v) is 3.91. The molecule has 0 fully saturated rings. The van der Waals surface area contributed by atoms with Crippen LogP contribution in [0.5, 0.6) is 0 Å². The van der Waals surface area contributed by atoms with E-state index in [1.165, 1.54) is 0 Å². The van der Waals surface area contributed by atoms with E-state index in [2.05, 4.69) is 21.2 Å². The zero-order valence-corrected chi connectivity index (χ0v) is 12.2. The molecule has 0 aliphatic heterocycles. The van der Waals surface area contributed by atoms with E-state index in [-0.39, 0.29) is 5.91 Å². The number of hydrogen-bond acceptors (Lipinski definition) is 1. The van der Waals surface area contributed by atoms with Gasteiger partial charge in [-0.1, -0.05) is 22.0 Å². The van der Waals surface area contributed by atoms with Gasteiger partial charge in [-0.15, -0.1) is 11.6 Å². The van der Waals surface area contributed by atoms with Crippen LogP contribution in [-0.4, -0.2) is 11.3 Å². The molecule has 1 rings (SSSR count). The van der Waals surface area contributed by atoms with E-state index in [0.29, 0.717) is 0 Å². The van der Waals surface area contributed by atoms with Crippen LogP contribution in [0.25, 0.3) is 0 Å². The minimum Gasteiger partial charge on any atom is -0.324 e. The first-order chi connectivity index (χ1) is 7.34. The number of amides is 1. The summed E-state index contributed by atoms with van der Waals surface area (Å²) < 4.78 is 1.02. The Morgan fingerprint density at radius 3 is 2.44 bits per heavy atom. The van der Waals surface area contributed by atoms with E-state index in [1.807, 2.05) is 26.8 Å². The summed E-state index contributed by atoms with van der Waals surface area (Å²) in [5.74, 6) is -0.177. The number of hydrogen-bond donors (Lipinski definition) is 1. The van der Waals surface area contributed by atoms with Crippen LogP contribution >= 0.6 is 27.5 Å². The minimum absolute atomic E-state index is 0.177. The second-order valence-electron chi connectivity index (χ2n) is 3.93. The van der Waals surface area contributed by atoms with Crippen LogP contribution in [0.4, 0.5) is 5.69 Å². The SMILES string of the molecule is Cc1cc(C)c(NC(=O)C(C)Cl)c(C)c1Br. The van der Waals surface area contributed by atoms with Gasteiger partial charge in [0, 0.05) is 10.2 Å². The number of anilines is 1. The molecule has 1 amide bonds. The first kappa shape index (κ1) is 13.5. The average molecular weight is 305 g/mol. The van der Waals surface area contributed by atoms with Gasteiger partial charge in [-0.3, -0.25) is 4.79 Å². The lowest BCUT2D eigenvalue weighted by Crippen LogP contribution is -2.21. The average Bonchev–Trinajstić information content (AvgIpc) is 2.20. The zero-order chi connectivity index (χ0) is 12.5. The number of nitrogens with one attached hydrogen (secondary N) is 1. The largest absolute Gasteiger partial charge is 0.324 e. The lowest BCUT2D eigenvalue weighted by Gasteiger charge is -2.15. The van der Waals surface area contributed by atoms with E-state index < -0.39 is 5.38 Å². The molecule has 0 saturated carbocycles. The predicted octanol–water partition coefficient (Wildman–Crippen LogP) is 3.94. The van der Waals surface area contributed by atoms with Gasteiger partial charge in [0.2, 0.25) is 5.91 Å². The normalized spacial score (nSPS) is 12.4. The van der Waals surface area contributed by atoms with E-state index in [4.69, 9.17) is 11.6 Å². The number of rotatable bonds is 2. The molecule has 0 bridgehead atoms. The fourth-order valence-electron chi connectivity index (χ4n) is 1.58. The topological polar surface area (TPSA) is 29.1 Å². The maximum atomic E-state index is 11.6. The van der Waals surface area contributed by atoms with Gasteiger partial charge >= 0.3 is 0 Å². The van der Waals surface area contributed by atoms with Crippen molar-refractivity contribution >= 4 is 39.1 Å². The third kappa shape index (κ3) is 2.77. The minimum atomic E-state index is -0.529. The van der Waals surface area contributed by atoms with Crippen molar-refractivity contribution in [1.29, 1.82) is 0 Å². The number of aryl methyl sites for hydroxylation is 2. The van der Waals surface area contributed by atoms with Crippen molar-refractivity contribution in [3.05, 3.63) is 27.2 Å². The Kier molecular flexibility index (Phi) is 4.39. The highest BCUT2D eigenvalue weighted by atomic mass is 79.9. The van der Waals surface area contributed by atoms with E-state index in [1.54, 1.807) is 6.92 Å². The van der Waals surface area contributed by atoms with Crippen molar-refractivity contribution in [2.24, 2.45) is 0 Å². The molecule has 0 aromatic heterocycles. The molecule has 2 nitrogen and oxygen atoms in total. The molecule has 0 spiro atoms. The number of halogens is 2. The van der Waals surface area contributed by atoms with Crippen LogP contribution in [0.1, 0.15) is 23.6 Å². The van der Waals surface area contributed by atoms with Crippen LogP contribution in [0, 0.1) is 20.8 Å². The molecule has 1 N–H and O–H groups in total. The summed E-state index contributed by atoms with van der Waals surface area (Å²) in [6.07, 6.45) is 0. The van der Waals surface area contributed by atoms with Gasteiger partial charge in [0.25, 0.3) is 0 Å². The maximum Gasteiger partial charge on any atom is 0.242 e. The molecule has 0 aliphatic carbocycles. The Hall–Kier alpha value is -0.540. The molecule has 88 valence electrons. The van der Waals surface area contributed by atoms with Gasteiger partial charge in [0.05, 0.1) is 0 Å². The Bertz CT molecular complexity index is 430. The smallest absolute Gasteiger partial charge is 0.242 e. The summed E-state index contributed by atoms with van der Waals surface area (Å²) in [6, 6.07) is 2.03. The summed E-state index contributed by atoms with van der Waals surface area (Å²) in [5, 5.41) is 2.32. The molecule has 1 aromatic carbocycles. The Morgan fingerprint density at radius 2 is 1.94 bits per heavy atom. The molecule has 0 heterocycles. The van der Waals surface area contributed by atoms with Crippen molar-refractivity contribution in [3.8, 4) is 0 Å². The van der Waals surface area contributed by atoms with Crippen LogP contribution in [0.15, 0.2) is 10.5 Å². The third-order valence-electron chi connectivity index (χ3n) is 2.49. The first-order valence-corrected chi connectivity index (χ1v) is 6.28. The van der Waals surface area contributed by atoms with Crippen molar-refractivity contribution in [2.75, 3.05) is 5.32 Å². The van der Waals surface area contributed by atoms with Crippen LogP contribution < -0.4 is 5.32 Å². The van der Waals surface area contributed by atoms with E-state index in [0.717, 1.165) is 26.9 Å². The van der Waals surface area contributed by atoms with Crippen molar-refractivity contribution in [2.45, 2.75) is 33.1 Å². The fourth-order valence-corrected chi connectivity index (χ4v) is 1.94. The highest BCUT2D eigenvalue weighted by molar-refractivity contribution is 9.10. The second kappa shape index (κ2) is 5.19. The molecule has 1 unspecified atom stereocenters. The molecular weight excluding hydrogens is 289 g/mol.